The Balaban J connectivity index is 1.47. The first kappa shape index (κ1) is 24.0. The summed E-state index contributed by atoms with van der Waals surface area (Å²) in [4.78, 5) is 15.7. The number of urea groups is 1. The van der Waals surface area contributed by atoms with Gasteiger partial charge in [-0.1, -0.05) is 54.1 Å². The largest absolute Gasteiger partial charge is 0.334 e. The number of aryl methyl sites for hydroxylation is 1. The Hall–Kier alpha value is -4.36. The van der Waals surface area contributed by atoms with Gasteiger partial charge in [0.15, 0.2) is 0 Å². The third-order valence-corrected chi connectivity index (χ3v) is 7.14. The molecule has 6 nitrogen and oxygen atoms in total. The van der Waals surface area contributed by atoms with E-state index in [0.717, 1.165) is 39.6 Å². The molecule has 5 aromatic rings. The van der Waals surface area contributed by atoms with Crippen LogP contribution in [0.3, 0.4) is 0 Å². The molecule has 1 aliphatic rings. The smallest absolute Gasteiger partial charge is 0.318 e. The van der Waals surface area contributed by atoms with E-state index in [-0.39, 0.29) is 24.4 Å². The molecule has 190 valence electrons. The molecule has 1 N–H and O–H groups in total. The zero-order valence-electron chi connectivity index (χ0n) is 20.7. The lowest BCUT2D eigenvalue weighted by molar-refractivity contribution is 0.180. The van der Waals surface area contributed by atoms with E-state index in [1.807, 2.05) is 89.4 Å². The lowest BCUT2D eigenvalue weighted by Gasteiger charge is -2.31. The topological polar surface area (TPSA) is 55.1 Å². The molecule has 0 fully saturated rings. The van der Waals surface area contributed by atoms with Gasteiger partial charge in [-0.2, -0.15) is 5.10 Å². The normalized spacial score (nSPS) is 14.5. The molecule has 0 spiro atoms. The van der Waals surface area contributed by atoms with Crippen LogP contribution in [0.25, 0.3) is 11.5 Å². The second kappa shape index (κ2) is 9.84. The van der Waals surface area contributed by atoms with Crippen molar-refractivity contribution in [1.82, 2.24) is 24.6 Å². The number of benzene rings is 3. The second-order valence-corrected chi connectivity index (χ2v) is 9.74. The minimum atomic E-state index is -0.383. The van der Waals surface area contributed by atoms with Crippen molar-refractivity contribution < 1.29 is 9.18 Å². The number of aromatic nitrogens is 3. The summed E-state index contributed by atoms with van der Waals surface area (Å²) in [7, 11) is 0. The summed E-state index contributed by atoms with van der Waals surface area (Å²) in [5.41, 5.74) is 5.42. The monoisotopic (exact) mass is 525 g/mol. The highest BCUT2D eigenvalue weighted by Crippen LogP contribution is 2.38. The number of hydrogen-bond donors (Lipinski definition) is 1. The maximum atomic E-state index is 13.8. The molecule has 0 radical (unpaired) electrons. The molecule has 2 amide bonds. The molecule has 0 bridgehead atoms. The first-order chi connectivity index (χ1) is 18.5. The fourth-order valence-corrected chi connectivity index (χ4v) is 5.15. The minimum Gasteiger partial charge on any atom is -0.334 e. The maximum absolute atomic E-state index is 13.8. The molecule has 3 heterocycles. The number of halogens is 2. The molecule has 0 saturated heterocycles. The van der Waals surface area contributed by atoms with E-state index in [1.54, 1.807) is 12.1 Å². The molecule has 3 aromatic carbocycles. The molecule has 0 aliphatic carbocycles. The third-order valence-electron chi connectivity index (χ3n) is 6.89. The maximum Gasteiger partial charge on any atom is 0.318 e. The van der Waals surface area contributed by atoms with E-state index < -0.39 is 0 Å². The second-order valence-electron chi connectivity index (χ2n) is 9.31. The van der Waals surface area contributed by atoms with Crippen LogP contribution in [-0.2, 0) is 13.1 Å². The number of hydrogen-bond acceptors (Lipinski definition) is 2. The summed E-state index contributed by atoms with van der Waals surface area (Å²) in [5, 5.41) is 8.54. The van der Waals surface area contributed by atoms with E-state index in [0.29, 0.717) is 11.6 Å². The van der Waals surface area contributed by atoms with Gasteiger partial charge in [-0.15, -0.1) is 0 Å². The van der Waals surface area contributed by atoms with E-state index in [1.165, 1.54) is 12.1 Å². The van der Waals surface area contributed by atoms with E-state index >= 15 is 0 Å². The van der Waals surface area contributed by atoms with Crippen molar-refractivity contribution in [3.8, 4) is 11.5 Å². The summed E-state index contributed by atoms with van der Waals surface area (Å²) < 4.78 is 17.4. The van der Waals surface area contributed by atoms with E-state index in [9.17, 15) is 9.18 Å². The van der Waals surface area contributed by atoms with Crippen LogP contribution in [0, 0.1) is 12.7 Å². The zero-order valence-corrected chi connectivity index (χ0v) is 21.4. The minimum absolute atomic E-state index is 0.235. The number of nitrogens with zero attached hydrogens (tertiary/aromatic N) is 4. The summed E-state index contributed by atoms with van der Waals surface area (Å²) in [5.74, 6) is 0.594. The lowest BCUT2D eigenvalue weighted by Crippen LogP contribution is -2.41. The molecule has 1 aliphatic heterocycles. The van der Waals surface area contributed by atoms with Gasteiger partial charge in [-0.25, -0.2) is 13.9 Å². The zero-order chi connectivity index (χ0) is 26.2. The van der Waals surface area contributed by atoms with Crippen LogP contribution < -0.4 is 5.32 Å². The number of nitrogens with one attached hydrogen (secondary N) is 1. The van der Waals surface area contributed by atoms with Gasteiger partial charge in [0, 0.05) is 23.3 Å². The van der Waals surface area contributed by atoms with Gasteiger partial charge in [0.25, 0.3) is 0 Å². The summed E-state index contributed by atoms with van der Waals surface area (Å²) in [6.45, 7) is 2.59. The van der Waals surface area contributed by atoms with Gasteiger partial charge in [0.1, 0.15) is 11.6 Å². The van der Waals surface area contributed by atoms with Gasteiger partial charge in [0.05, 0.1) is 29.7 Å². The highest BCUT2D eigenvalue weighted by Gasteiger charge is 2.35. The SMILES string of the molecule is Cc1nn(-c2ccccc2)c2c1CN(C(=O)NCc1ccc(F)cc1)[C@@H](c1ccc(Cl)cc1)c1cccn1-2. The number of para-hydroxylation sites is 1. The number of carbonyl (C=O) groups excluding carboxylic acids is 1. The highest BCUT2D eigenvalue weighted by atomic mass is 35.5. The van der Waals surface area contributed by atoms with Crippen LogP contribution in [0.15, 0.2) is 97.2 Å². The van der Waals surface area contributed by atoms with Crippen LogP contribution in [0.5, 0.6) is 0 Å². The molecule has 2 aromatic heterocycles. The summed E-state index contributed by atoms with van der Waals surface area (Å²) >= 11 is 6.22. The molecule has 0 saturated carbocycles. The van der Waals surface area contributed by atoms with Crippen molar-refractivity contribution >= 4 is 17.6 Å². The molecule has 8 heteroatoms. The number of fused-ring (bicyclic) bond motifs is 3. The molecule has 0 unspecified atom stereocenters. The van der Waals surface area contributed by atoms with Gasteiger partial charge < -0.3 is 14.8 Å². The fourth-order valence-electron chi connectivity index (χ4n) is 5.03. The Kier molecular flexibility index (Phi) is 6.21. The molecular formula is C30H25ClFN5O. The average Bonchev–Trinajstić information content (AvgIpc) is 3.50. The first-order valence-electron chi connectivity index (χ1n) is 12.4. The van der Waals surface area contributed by atoms with Gasteiger partial charge >= 0.3 is 6.03 Å². The molecule has 6 rings (SSSR count). The number of rotatable bonds is 4. The van der Waals surface area contributed by atoms with Crippen molar-refractivity contribution in [2.45, 2.75) is 26.1 Å². The van der Waals surface area contributed by atoms with Crippen molar-refractivity contribution in [2.75, 3.05) is 0 Å². The molecule has 1 atom stereocenters. The predicted octanol–water partition coefficient (Wildman–Crippen LogP) is 6.58. The Morgan fingerprint density at radius 3 is 2.47 bits per heavy atom. The molecule has 38 heavy (non-hydrogen) atoms. The lowest BCUT2D eigenvalue weighted by atomic mass is 10.0. The highest BCUT2D eigenvalue weighted by molar-refractivity contribution is 6.30. The average molecular weight is 526 g/mol. The Labute approximate surface area is 224 Å². The molecular weight excluding hydrogens is 501 g/mol. The van der Waals surface area contributed by atoms with Gasteiger partial charge in [0.2, 0.25) is 0 Å². The van der Waals surface area contributed by atoms with Crippen molar-refractivity contribution in [3.05, 3.63) is 136 Å². The van der Waals surface area contributed by atoms with Crippen molar-refractivity contribution in [3.63, 3.8) is 0 Å². The van der Waals surface area contributed by atoms with E-state index in [2.05, 4.69) is 9.88 Å². The van der Waals surface area contributed by atoms with Gasteiger partial charge in [-0.05, 0) is 66.6 Å². The fraction of sp³-hybridized carbons (Fsp3) is 0.133. The standard InChI is InChI=1S/C30H25ClFN5O/c1-20-26-19-36(30(38)33-18-21-9-15-24(32)16-10-21)28(22-11-13-23(31)14-12-22)27-8-5-17-35(27)29(26)37(34-20)25-6-3-2-4-7-25/h2-17,28H,18-19H2,1H3,(H,33,38)/t28-/m0/s1. The van der Waals surface area contributed by atoms with Crippen LogP contribution >= 0.6 is 11.6 Å². The van der Waals surface area contributed by atoms with E-state index in [4.69, 9.17) is 16.7 Å². The van der Waals surface area contributed by atoms with Crippen LogP contribution in [0.2, 0.25) is 5.02 Å². The van der Waals surface area contributed by atoms with Gasteiger partial charge in [-0.3, -0.25) is 0 Å². The van der Waals surface area contributed by atoms with Crippen molar-refractivity contribution in [1.29, 1.82) is 0 Å². The Bertz CT molecular complexity index is 1590. The summed E-state index contributed by atoms with van der Waals surface area (Å²) in [6.07, 6.45) is 2.01. The number of amides is 2. The Morgan fingerprint density at radius 1 is 1.00 bits per heavy atom. The predicted molar refractivity (Wildman–Crippen MR) is 145 cm³/mol. The Morgan fingerprint density at radius 2 is 1.74 bits per heavy atom. The van der Waals surface area contributed by atoms with Crippen molar-refractivity contribution in [2.24, 2.45) is 0 Å². The third kappa shape index (κ3) is 4.35. The first-order valence-corrected chi connectivity index (χ1v) is 12.7. The van der Waals surface area contributed by atoms with Crippen LogP contribution in [-0.4, -0.2) is 25.3 Å². The quantitative estimate of drug-likeness (QED) is 0.288. The summed E-state index contributed by atoms with van der Waals surface area (Å²) in [6, 6.07) is 27.1. The van der Waals surface area contributed by atoms with Crippen LogP contribution in [0.1, 0.15) is 34.1 Å². The number of carbonyl (C=O) groups is 1. The van der Waals surface area contributed by atoms with Crippen LogP contribution in [0.4, 0.5) is 9.18 Å².